The molecule has 52 heavy (non-hydrogen) atoms. The molecule has 20 heteroatoms. The van der Waals surface area contributed by atoms with Crippen LogP contribution < -0.4 is 10.4 Å². The first-order chi connectivity index (χ1) is 23.4. The highest BCUT2D eigenvalue weighted by atomic mass is 32.5. The molecule has 2 aliphatic carbocycles. The number of aryl methyl sites for hydroxylation is 1. The number of nitriles is 2. The van der Waals surface area contributed by atoms with Crippen molar-refractivity contribution in [3.05, 3.63) is 132 Å². The van der Waals surface area contributed by atoms with Crippen LogP contribution in [0.25, 0.3) is 20.8 Å². The maximum absolute atomic E-state index is 15.5. The van der Waals surface area contributed by atoms with E-state index in [0.29, 0.717) is 29.8 Å². The first-order valence-corrected chi connectivity index (χ1v) is 18.5. The molecule has 2 aliphatic rings. The molecule has 3 aromatic rings. The molecule has 4 nitrogen and oxygen atoms in total. The van der Waals surface area contributed by atoms with Crippen molar-refractivity contribution < 1.29 is 52.0 Å². The van der Waals surface area contributed by atoms with Gasteiger partial charge in [0.1, 0.15) is 40.6 Å². The topological polar surface area (TPSA) is 56.3 Å². The zero-order valence-electron chi connectivity index (χ0n) is 25.5. The molecule has 0 aromatic heterocycles. The van der Waals surface area contributed by atoms with Gasteiger partial charge in [0.05, 0.1) is 5.57 Å². The Morgan fingerprint density at radius 3 is 1.42 bits per heavy atom. The minimum Gasteiger partial charge on any atom is -0.192 e. The normalized spacial score (nSPS) is 17.0. The lowest BCUT2D eigenvalue weighted by Crippen LogP contribution is -2.34. The molecule has 272 valence electrons. The van der Waals surface area contributed by atoms with Crippen LogP contribution in [0.3, 0.4) is 0 Å². The van der Waals surface area contributed by atoms with Crippen molar-refractivity contribution in [1.82, 2.24) is 0 Å². The number of hydrogen-bond donors (Lipinski definition) is 0. The number of hydrogen-bond acceptors (Lipinski definition) is 3. The Kier molecular flexibility index (Phi) is 7.74. The van der Waals surface area contributed by atoms with Gasteiger partial charge in [-0.15, -0.1) is 0 Å². The van der Waals surface area contributed by atoms with Crippen LogP contribution in [0.4, 0.5) is 52.0 Å². The highest BCUT2D eigenvalue weighted by Crippen LogP contribution is 3.04. The molecular weight excluding hydrogens is 784 g/mol. The molecule has 0 saturated carbocycles. The maximum atomic E-state index is 15.5. The molecule has 0 amide bonds. The van der Waals surface area contributed by atoms with Crippen molar-refractivity contribution in [1.29, 1.82) is 10.5 Å². The predicted octanol–water partition coefficient (Wildman–Crippen LogP) is 11.8. The van der Waals surface area contributed by atoms with Gasteiger partial charge in [-0.25, -0.2) is 0 Å². The third-order valence-corrected chi connectivity index (χ3v) is 11.1. The lowest BCUT2D eigenvalue weighted by Gasteiger charge is -2.45. The van der Waals surface area contributed by atoms with E-state index in [9.17, 15) is 23.7 Å². The van der Waals surface area contributed by atoms with Crippen LogP contribution in [0.5, 0.6) is 0 Å². The molecule has 0 aliphatic heterocycles. The van der Waals surface area contributed by atoms with Crippen LogP contribution >= 0.6 is 32.2 Å². The third-order valence-electron chi connectivity index (χ3n) is 7.91. The Morgan fingerprint density at radius 1 is 0.673 bits per heavy atom. The van der Waals surface area contributed by atoms with E-state index in [0.717, 1.165) is 12.1 Å². The number of allylic oxidation sites excluding steroid dienone is 3. The van der Waals surface area contributed by atoms with Gasteiger partial charge >= 0.3 is 31.8 Å². The monoisotopic (exact) mass is 798 g/mol. The zero-order valence-corrected chi connectivity index (χ0v) is 27.9. The lowest BCUT2D eigenvalue weighted by atomic mass is 9.95. The Balaban J connectivity index is 2.25. The number of alkyl halides is 3. The summed E-state index contributed by atoms with van der Waals surface area (Å²) in [5.74, 6) is -1.20. The molecule has 0 atom stereocenters. The highest BCUT2D eigenvalue weighted by molar-refractivity contribution is 8.46. The van der Waals surface area contributed by atoms with Crippen LogP contribution in [0, 0.1) is 42.7 Å². The first kappa shape index (κ1) is 38.2. The molecule has 0 spiro atoms. The molecule has 5 rings (SSSR count). The highest BCUT2D eigenvalue weighted by Gasteiger charge is 2.72. The van der Waals surface area contributed by atoms with Gasteiger partial charge in [-0.3, -0.25) is 0 Å². The van der Waals surface area contributed by atoms with Gasteiger partial charge in [0.25, 0.3) is 0 Å². The second-order valence-corrected chi connectivity index (χ2v) is 17.3. The van der Waals surface area contributed by atoms with E-state index in [-0.39, 0.29) is 0 Å². The van der Waals surface area contributed by atoms with Gasteiger partial charge in [0.15, 0.2) is 0 Å². The van der Waals surface area contributed by atoms with Gasteiger partial charge in [0, 0.05) is 21.8 Å². The minimum absolute atomic E-state index is 0.410. The summed E-state index contributed by atoms with van der Waals surface area (Å²) in [7, 11) is -22.8. The van der Waals surface area contributed by atoms with E-state index in [2.05, 4.69) is 9.69 Å². The molecule has 0 saturated heterocycles. The average molecular weight is 799 g/mol. The summed E-state index contributed by atoms with van der Waals surface area (Å²) >= 11 is -0.733. The summed E-state index contributed by atoms with van der Waals surface area (Å²) in [4.78, 5) is -1.16. The number of nitrogens with zero attached hydrogens (tertiary/aromatic N) is 4. The van der Waals surface area contributed by atoms with E-state index in [1.165, 1.54) is 31.2 Å². The number of rotatable bonds is 5. The van der Waals surface area contributed by atoms with E-state index >= 15 is 38.9 Å². The molecule has 0 heterocycles. The predicted molar refractivity (Wildman–Crippen MR) is 169 cm³/mol. The first-order valence-electron chi connectivity index (χ1n) is 13.8. The summed E-state index contributed by atoms with van der Waals surface area (Å²) in [6.07, 6.45) is -3.45. The molecule has 0 radical (unpaired) electrons. The lowest BCUT2D eigenvalue weighted by molar-refractivity contribution is -0.0328. The largest absolute Gasteiger partial charge is 0.523 e. The molecule has 3 aromatic carbocycles. The van der Waals surface area contributed by atoms with Gasteiger partial charge in [-0.05, 0) is 76.2 Å². The Bertz CT molecular complexity index is 2480. The average Bonchev–Trinajstić information content (AvgIpc) is 3.53. The van der Waals surface area contributed by atoms with E-state index < -0.39 is 132 Å². The number of fused-ring (bicyclic) bond motifs is 2. The fourth-order valence-corrected chi connectivity index (χ4v) is 9.30. The standard InChI is InChI=1S/C32H15F13N4S3/c1-16-4-6-17(7-5-16)26-24(31(48-2)49-3)13-23-28(26)29(51(36,37,38,39)40)22-12-21(19(14-46)15-47)25(27(22)30(23)52(41,42,43,44)45)18-8-10-20(11-9-18)50-32(33,34)35/h4-11H,12-13H2,1H3. The fraction of sp³-hybridized carbons (Fsp3) is 0.125. The van der Waals surface area contributed by atoms with Gasteiger partial charge in [0.2, 0.25) is 0 Å². The van der Waals surface area contributed by atoms with Crippen molar-refractivity contribution in [3.8, 4) is 12.1 Å². The summed E-state index contributed by atoms with van der Waals surface area (Å²) < 4.78 is 194. The van der Waals surface area contributed by atoms with Crippen molar-refractivity contribution >= 4 is 43.4 Å². The molecule has 0 fully saturated rings. The zero-order chi connectivity index (χ0) is 39.2. The van der Waals surface area contributed by atoms with Crippen LogP contribution in [0.2, 0.25) is 0 Å². The summed E-state index contributed by atoms with van der Waals surface area (Å²) in [6, 6.07) is 9.13. The fourth-order valence-electron chi connectivity index (χ4n) is 6.26. The van der Waals surface area contributed by atoms with Crippen LogP contribution in [-0.4, -0.2) is 5.51 Å². The van der Waals surface area contributed by atoms with E-state index in [1.807, 2.05) is 0 Å². The second kappa shape index (κ2) is 10.5. The Hall–Kier alpha value is -5.02. The van der Waals surface area contributed by atoms with Crippen molar-refractivity contribution in [2.24, 2.45) is 0 Å². The van der Waals surface area contributed by atoms with Gasteiger partial charge in [-0.1, -0.05) is 80.8 Å². The maximum Gasteiger partial charge on any atom is 0.523 e. The number of benzene rings is 3. The third kappa shape index (κ3) is 6.94. The quantitative estimate of drug-likeness (QED) is 0.112. The second-order valence-electron chi connectivity index (χ2n) is 11.4. The molecule has 0 bridgehead atoms. The van der Waals surface area contributed by atoms with Crippen molar-refractivity contribution in [2.75, 3.05) is 0 Å². The SMILES string of the molecule is [C-]#[N+]C([N+]#[C-])=C1Cc2c(S(F)(F)(F)(F)F)c3c(c(S(F)(F)(F)(F)F)c2=C1c1ccc(C)cc1)CC(=C(C#N)C#N)C=3c1ccc(SC(F)(F)F)cc1. The van der Waals surface area contributed by atoms with Crippen molar-refractivity contribution in [3.63, 3.8) is 0 Å². The smallest absolute Gasteiger partial charge is 0.192 e. The molecule has 0 unspecified atom stereocenters. The van der Waals surface area contributed by atoms with E-state index in [1.54, 1.807) is 0 Å². The Labute approximate surface area is 289 Å². The summed E-state index contributed by atoms with van der Waals surface area (Å²) in [5.41, 5.74) is -15.9. The summed E-state index contributed by atoms with van der Waals surface area (Å²) in [6.45, 7) is 16.2. The van der Waals surface area contributed by atoms with Crippen LogP contribution in [-0.2, 0) is 12.8 Å². The van der Waals surface area contributed by atoms with Gasteiger partial charge in [-0.2, -0.15) is 33.4 Å². The van der Waals surface area contributed by atoms with Crippen LogP contribution in [0.1, 0.15) is 27.8 Å². The van der Waals surface area contributed by atoms with Crippen LogP contribution in [0.15, 0.2) is 85.8 Å². The van der Waals surface area contributed by atoms with Crippen molar-refractivity contribution in [2.45, 2.75) is 40.0 Å². The van der Waals surface area contributed by atoms with E-state index in [4.69, 9.17) is 13.1 Å². The Morgan fingerprint density at radius 2 is 1.06 bits per heavy atom. The minimum atomic E-state index is -11.4. The molecule has 0 N–H and O–H groups in total. The number of halogens is 13. The summed E-state index contributed by atoms with van der Waals surface area (Å²) in [5, 5.41) is 15.0. The van der Waals surface area contributed by atoms with Gasteiger partial charge < -0.3 is 0 Å². The molecular formula is C32H15F13N4S3. The number of thioether (sulfide) groups is 1.